The molecule has 1 aromatic heterocycles. The second-order valence-corrected chi connectivity index (χ2v) is 6.42. The zero-order valence-electron chi connectivity index (χ0n) is 11.8. The third-order valence-electron chi connectivity index (χ3n) is 5.13. The van der Waals surface area contributed by atoms with Gasteiger partial charge >= 0.3 is 0 Å². The summed E-state index contributed by atoms with van der Waals surface area (Å²) in [6.45, 7) is 0.320. The van der Waals surface area contributed by atoms with Crippen molar-refractivity contribution in [3.63, 3.8) is 0 Å². The second-order valence-electron chi connectivity index (χ2n) is 6.42. The lowest BCUT2D eigenvalue weighted by molar-refractivity contribution is 0.174. The summed E-state index contributed by atoms with van der Waals surface area (Å²) >= 11 is 0. The van der Waals surface area contributed by atoms with E-state index in [2.05, 4.69) is 16.9 Å². The summed E-state index contributed by atoms with van der Waals surface area (Å²) in [5.74, 6) is 1.15. The zero-order valence-corrected chi connectivity index (χ0v) is 11.8. The molecule has 3 nitrogen and oxygen atoms in total. The fourth-order valence-electron chi connectivity index (χ4n) is 3.94. The molecule has 1 N–H and O–H groups in total. The maximum atomic E-state index is 9.63. The summed E-state index contributed by atoms with van der Waals surface area (Å²) in [7, 11) is 0. The van der Waals surface area contributed by atoms with Gasteiger partial charge in [0, 0.05) is 12.8 Å². The van der Waals surface area contributed by atoms with Crippen LogP contribution in [-0.4, -0.2) is 21.5 Å². The molecule has 2 fully saturated rings. The Bertz CT molecular complexity index is 389. The van der Waals surface area contributed by atoms with Gasteiger partial charge in [-0.05, 0) is 37.2 Å². The molecule has 1 unspecified atom stereocenters. The zero-order chi connectivity index (χ0) is 13.1. The Morgan fingerprint density at radius 3 is 2.53 bits per heavy atom. The first-order chi connectivity index (χ1) is 9.36. The van der Waals surface area contributed by atoms with Crippen LogP contribution in [0.25, 0.3) is 0 Å². The van der Waals surface area contributed by atoms with Gasteiger partial charge < -0.3 is 5.11 Å². The minimum Gasteiger partial charge on any atom is -0.396 e. The predicted octanol–water partition coefficient (Wildman–Crippen LogP) is 3.34. The fourth-order valence-corrected chi connectivity index (χ4v) is 3.94. The van der Waals surface area contributed by atoms with Crippen LogP contribution >= 0.6 is 0 Å². The molecular weight excluding hydrogens is 236 g/mol. The molecule has 2 aliphatic rings. The topological polar surface area (TPSA) is 38.0 Å². The Morgan fingerprint density at radius 1 is 1.16 bits per heavy atom. The summed E-state index contributed by atoms with van der Waals surface area (Å²) < 4.78 is 2.17. The molecule has 1 aromatic rings. The molecule has 1 atom stereocenters. The third-order valence-corrected chi connectivity index (χ3v) is 5.13. The number of nitrogens with zero attached hydrogens (tertiary/aromatic N) is 2. The average molecular weight is 262 g/mol. The molecule has 0 aliphatic heterocycles. The number of rotatable bonds is 5. The van der Waals surface area contributed by atoms with E-state index in [1.54, 1.807) is 0 Å². The van der Waals surface area contributed by atoms with Crippen LogP contribution in [0.15, 0.2) is 12.3 Å². The van der Waals surface area contributed by atoms with Crippen LogP contribution < -0.4 is 0 Å². The smallest absolute Gasteiger partial charge is 0.0628 e. The van der Waals surface area contributed by atoms with Crippen LogP contribution in [0.3, 0.4) is 0 Å². The number of aliphatic hydroxyl groups excluding tert-OH is 1. The molecule has 106 valence electrons. The van der Waals surface area contributed by atoms with E-state index in [9.17, 15) is 5.11 Å². The molecule has 3 heteroatoms. The van der Waals surface area contributed by atoms with Crippen molar-refractivity contribution >= 4 is 0 Å². The number of aliphatic hydroxyl groups is 1. The van der Waals surface area contributed by atoms with E-state index in [4.69, 9.17) is 5.10 Å². The standard InChI is InChI=1S/C16H26N2O/c19-12-14(13-5-1-2-6-13)11-15-9-10-18(17-15)16-7-3-4-8-16/h9-10,13-14,16,19H,1-8,11-12H2. The minimum absolute atomic E-state index is 0.320. The largest absolute Gasteiger partial charge is 0.396 e. The molecule has 0 amide bonds. The lowest BCUT2D eigenvalue weighted by atomic mass is 9.88. The van der Waals surface area contributed by atoms with E-state index in [0.29, 0.717) is 18.6 Å². The molecule has 0 bridgehead atoms. The molecule has 0 spiro atoms. The Morgan fingerprint density at radius 2 is 1.84 bits per heavy atom. The molecule has 0 aromatic carbocycles. The van der Waals surface area contributed by atoms with E-state index >= 15 is 0 Å². The molecule has 19 heavy (non-hydrogen) atoms. The summed E-state index contributed by atoms with van der Waals surface area (Å²) in [6, 6.07) is 2.79. The van der Waals surface area contributed by atoms with Gasteiger partial charge in [-0.3, -0.25) is 4.68 Å². The van der Waals surface area contributed by atoms with Crippen molar-refractivity contribution < 1.29 is 5.11 Å². The summed E-state index contributed by atoms with van der Waals surface area (Å²) in [6.07, 6.45) is 13.7. The number of aromatic nitrogens is 2. The molecule has 2 aliphatic carbocycles. The summed E-state index contributed by atoms with van der Waals surface area (Å²) in [5, 5.41) is 14.4. The van der Waals surface area contributed by atoms with Crippen molar-refractivity contribution in [2.45, 2.75) is 63.8 Å². The van der Waals surface area contributed by atoms with Gasteiger partial charge in [-0.15, -0.1) is 0 Å². The van der Waals surface area contributed by atoms with Crippen molar-refractivity contribution in [3.8, 4) is 0 Å². The number of hydrogen-bond acceptors (Lipinski definition) is 2. The highest BCUT2D eigenvalue weighted by Crippen LogP contribution is 2.33. The third kappa shape index (κ3) is 3.02. The molecule has 2 saturated carbocycles. The Hall–Kier alpha value is -0.830. The van der Waals surface area contributed by atoms with Gasteiger partial charge in [-0.25, -0.2) is 0 Å². The first-order valence-corrected chi connectivity index (χ1v) is 8.01. The first-order valence-electron chi connectivity index (χ1n) is 8.01. The van der Waals surface area contributed by atoms with Gasteiger partial charge in [0.05, 0.1) is 11.7 Å². The van der Waals surface area contributed by atoms with Crippen LogP contribution in [0.4, 0.5) is 0 Å². The van der Waals surface area contributed by atoms with E-state index in [1.807, 2.05) is 0 Å². The van der Waals surface area contributed by atoms with E-state index in [0.717, 1.165) is 12.3 Å². The highest BCUT2D eigenvalue weighted by Gasteiger charge is 2.25. The monoisotopic (exact) mass is 262 g/mol. The molecule has 0 saturated heterocycles. The highest BCUT2D eigenvalue weighted by atomic mass is 16.3. The average Bonchev–Trinajstić information content (AvgIpc) is 3.15. The molecular formula is C16H26N2O. The quantitative estimate of drug-likeness (QED) is 0.883. The minimum atomic E-state index is 0.320. The summed E-state index contributed by atoms with van der Waals surface area (Å²) in [5.41, 5.74) is 1.18. The Kier molecular flexibility index (Phi) is 4.21. The lowest BCUT2D eigenvalue weighted by Crippen LogP contribution is -2.19. The maximum Gasteiger partial charge on any atom is 0.0628 e. The van der Waals surface area contributed by atoms with Gasteiger partial charge in [-0.1, -0.05) is 38.5 Å². The highest BCUT2D eigenvalue weighted by molar-refractivity contribution is 5.02. The van der Waals surface area contributed by atoms with Crippen LogP contribution in [0.1, 0.15) is 63.1 Å². The van der Waals surface area contributed by atoms with Crippen LogP contribution in [0, 0.1) is 11.8 Å². The first kappa shape index (κ1) is 13.2. The van der Waals surface area contributed by atoms with Gasteiger partial charge in [0.15, 0.2) is 0 Å². The summed E-state index contributed by atoms with van der Waals surface area (Å²) in [4.78, 5) is 0. The van der Waals surface area contributed by atoms with Crippen LogP contribution in [-0.2, 0) is 6.42 Å². The van der Waals surface area contributed by atoms with Gasteiger partial charge in [0.25, 0.3) is 0 Å². The van der Waals surface area contributed by atoms with Crippen molar-refractivity contribution in [1.29, 1.82) is 0 Å². The second kappa shape index (κ2) is 6.08. The maximum absolute atomic E-state index is 9.63. The molecule has 0 radical (unpaired) electrons. The van der Waals surface area contributed by atoms with Crippen molar-refractivity contribution in [1.82, 2.24) is 9.78 Å². The number of hydrogen-bond donors (Lipinski definition) is 1. The molecule has 1 heterocycles. The van der Waals surface area contributed by atoms with E-state index < -0.39 is 0 Å². The Labute approximate surface area is 116 Å². The van der Waals surface area contributed by atoms with Crippen LogP contribution in [0.5, 0.6) is 0 Å². The van der Waals surface area contributed by atoms with E-state index in [1.165, 1.54) is 57.1 Å². The SMILES string of the molecule is OCC(Cc1ccn(C2CCCC2)n1)C1CCCC1. The Balaban J connectivity index is 1.61. The van der Waals surface area contributed by atoms with Crippen molar-refractivity contribution in [2.24, 2.45) is 11.8 Å². The normalized spacial score (nSPS) is 23.2. The van der Waals surface area contributed by atoms with Gasteiger partial charge in [0.1, 0.15) is 0 Å². The van der Waals surface area contributed by atoms with Crippen molar-refractivity contribution in [2.75, 3.05) is 6.61 Å². The van der Waals surface area contributed by atoms with Gasteiger partial charge in [-0.2, -0.15) is 5.10 Å². The van der Waals surface area contributed by atoms with Crippen LogP contribution in [0.2, 0.25) is 0 Å². The van der Waals surface area contributed by atoms with Crippen molar-refractivity contribution in [3.05, 3.63) is 18.0 Å². The van der Waals surface area contributed by atoms with Gasteiger partial charge in [0.2, 0.25) is 0 Å². The molecule has 3 rings (SSSR count). The predicted molar refractivity (Wildman–Crippen MR) is 76.0 cm³/mol. The fraction of sp³-hybridized carbons (Fsp3) is 0.812. The lowest BCUT2D eigenvalue weighted by Gasteiger charge is -2.20. The van der Waals surface area contributed by atoms with E-state index in [-0.39, 0.29) is 0 Å².